The third kappa shape index (κ3) is 5.45. The van der Waals surface area contributed by atoms with E-state index >= 15 is 0 Å². The lowest BCUT2D eigenvalue weighted by atomic mass is 9.69. The van der Waals surface area contributed by atoms with Crippen molar-refractivity contribution in [1.29, 1.82) is 0 Å². The molecule has 1 fully saturated rings. The van der Waals surface area contributed by atoms with Crippen LogP contribution in [-0.4, -0.2) is 52.2 Å². The fourth-order valence-electron chi connectivity index (χ4n) is 5.40. The van der Waals surface area contributed by atoms with Crippen molar-refractivity contribution in [2.75, 3.05) is 31.2 Å². The van der Waals surface area contributed by atoms with E-state index in [0.29, 0.717) is 18.5 Å². The predicted octanol–water partition coefficient (Wildman–Crippen LogP) is 4.87. The van der Waals surface area contributed by atoms with E-state index < -0.39 is 0 Å². The minimum absolute atomic E-state index is 0.291. The molecule has 1 aliphatic heterocycles. The lowest BCUT2D eigenvalue weighted by molar-refractivity contribution is 0.180. The summed E-state index contributed by atoms with van der Waals surface area (Å²) in [6, 6.07) is 33.1. The van der Waals surface area contributed by atoms with Crippen LogP contribution < -0.4 is 10.3 Å². The monoisotopic (exact) mass is 490 g/mol. The summed E-state index contributed by atoms with van der Waals surface area (Å²) < 4.78 is 0. The molecule has 4 aromatic rings. The Balaban J connectivity index is 1.37. The number of hydrogen-bond donors (Lipinski definition) is 1. The molecule has 6 nitrogen and oxygen atoms in total. The van der Waals surface area contributed by atoms with E-state index in [1.54, 1.807) is 12.7 Å². The Morgan fingerprint density at radius 3 is 1.76 bits per heavy atom. The van der Waals surface area contributed by atoms with Crippen LogP contribution >= 0.6 is 0 Å². The minimum Gasteiger partial charge on any atom is -0.312 e. The van der Waals surface area contributed by atoms with Crippen LogP contribution in [0.4, 0.5) is 5.95 Å². The van der Waals surface area contributed by atoms with Crippen molar-refractivity contribution in [2.45, 2.75) is 24.3 Å². The summed E-state index contributed by atoms with van der Waals surface area (Å²) in [5.41, 5.74) is 3.60. The van der Waals surface area contributed by atoms with Gasteiger partial charge in [0.15, 0.2) is 0 Å². The van der Waals surface area contributed by atoms with Gasteiger partial charge in [0.1, 0.15) is 12.7 Å². The van der Waals surface area contributed by atoms with Gasteiger partial charge >= 0.3 is 0 Å². The van der Waals surface area contributed by atoms with Crippen LogP contribution in [0.1, 0.15) is 29.5 Å². The molecular formula is C31H34N6. The van der Waals surface area contributed by atoms with Crippen LogP contribution in [0.25, 0.3) is 0 Å². The van der Waals surface area contributed by atoms with Gasteiger partial charge < -0.3 is 5.32 Å². The highest BCUT2D eigenvalue weighted by atomic mass is 15.7. The van der Waals surface area contributed by atoms with Gasteiger partial charge in [-0.15, -0.1) is 6.58 Å². The Morgan fingerprint density at radius 1 is 0.811 bits per heavy atom. The average Bonchev–Trinajstić information content (AvgIpc) is 2.99. The molecular weight excluding hydrogens is 456 g/mol. The maximum Gasteiger partial charge on any atom is 0.243 e. The van der Waals surface area contributed by atoms with Gasteiger partial charge in [-0.3, -0.25) is 5.01 Å². The molecule has 0 amide bonds. The highest BCUT2D eigenvalue weighted by molar-refractivity contribution is 5.51. The molecule has 5 rings (SSSR count). The second-order valence-corrected chi connectivity index (χ2v) is 9.42. The second-order valence-electron chi connectivity index (χ2n) is 9.42. The second kappa shape index (κ2) is 11.9. The summed E-state index contributed by atoms with van der Waals surface area (Å²) in [5, 5.41) is 8.41. The fraction of sp³-hybridized carbons (Fsp3) is 0.258. The third-order valence-electron chi connectivity index (χ3n) is 7.28. The number of piperidine rings is 1. The van der Waals surface area contributed by atoms with Gasteiger partial charge in [-0.2, -0.15) is 0 Å². The largest absolute Gasteiger partial charge is 0.312 e. The molecule has 1 saturated heterocycles. The van der Waals surface area contributed by atoms with Gasteiger partial charge in [0.05, 0.1) is 12.0 Å². The van der Waals surface area contributed by atoms with Crippen molar-refractivity contribution in [2.24, 2.45) is 0 Å². The zero-order valence-corrected chi connectivity index (χ0v) is 21.2. The molecule has 0 radical (unpaired) electrons. The van der Waals surface area contributed by atoms with Gasteiger partial charge in [0.2, 0.25) is 5.95 Å². The molecule has 0 spiro atoms. The maximum absolute atomic E-state index is 4.36. The standard InChI is InChI=1S/C31H34N6/c1-2-20-37(30-34-24-32-25-35-30)36-21-18-29(19-22-36)33-23-31(26-12-6-3-7-13-26,27-14-8-4-9-15-27)28-16-10-5-11-17-28/h2-17,24-25,29,33H,1,18-23H2. The Bertz CT molecular complexity index is 1130. The Labute approximate surface area is 219 Å². The fourth-order valence-corrected chi connectivity index (χ4v) is 5.40. The highest BCUT2D eigenvalue weighted by Crippen LogP contribution is 2.39. The number of nitrogens with one attached hydrogen (secondary N) is 1. The van der Waals surface area contributed by atoms with Crippen LogP contribution in [-0.2, 0) is 5.41 Å². The lowest BCUT2D eigenvalue weighted by Gasteiger charge is -2.41. The van der Waals surface area contributed by atoms with Gasteiger partial charge in [0.25, 0.3) is 0 Å². The van der Waals surface area contributed by atoms with Crippen molar-refractivity contribution in [3.05, 3.63) is 133 Å². The normalized spacial score (nSPS) is 14.8. The van der Waals surface area contributed by atoms with Gasteiger partial charge in [-0.1, -0.05) is 97.1 Å². The average molecular weight is 491 g/mol. The number of rotatable bonds is 10. The summed E-state index contributed by atoms with van der Waals surface area (Å²) in [5.74, 6) is 0.664. The van der Waals surface area contributed by atoms with E-state index in [9.17, 15) is 0 Å². The van der Waals surface area contributed by atoms with Crippen LogP contribution in [0, 0.1) is 0 Å². The first-order chi connectivity index (χ1) is 18.3. The predicted molar refractivity (Wildman–Crippen MR) is 149 cm³/mol. The smallest absolute Gasteiger partial charge is 0.243 e. The highest BCUT2D eigenvalue weighted by Gasteiger charge is 2.37. The summed E-state index contributed by atoms with van der Waals surface area (Å²) in [4.78, 5) is 12.7. The quantitative estimate of drug-likeness (QED) is 0.253. The molecule has 37 heavy (non-hydrogen) atoms. The molecule has 1 aromatic heterocycles. The number of benzene rings is 3. The van der Waals surface area contributed by atoms with E-state index in [1.165, 1.54) is 16.7 Å². The molecule has 3 aromatic carbocycles. The summed E-state index contributed by atoms with van der Waals surface area (Å²) >= 11 is 0. The number of anilines is 1. The van der Waals surface area contributed by atoms with Crippen molar-refractivity contribution in [1.82, 2.24) is 25.3 Å². The van der Waals surface area contributed by atoms with Gasteiger partial charge in [-0.25, -0.2) is 20.0 Å². The zero-order valence-electron chi connectivity index (χ0n) is 21.2. The Hall–Kier alpha value is -3.87. The molecule has 188 valence electrons. The van der Waals surface area contributed by atoms with Crippen LogP contribution in [0.3, 0.4) is 0 Å². The van der Waals surface area contributed by atoms with Gasteiger partial charge in [-0.05, 0) is 29.5 Å². The summed E-state index contributed by atoms with van der Waals surface area (Å²) in [6.45, 7) is 7.26. The molecule has 0 unspecified atom stereocenters. The third-order valence-corrected chi connectivity index (χ3v) is 7.28. The van der Waals surface area contributed by atoms with Crippen molar-refractivity contribution in [3.8, 4) is 0 Å². The van der Waals surface area contributed by atoms with Gasteiger partial charge in [0, 0.05) is 25.7 Å². The summed E-state index contributed by atoms with van der Waals surface area (Å²) in [7, 11) is 0. The molecule has 0 saturated carbocycles. The molecule has 6 heteroatoms. The Kier molecular flexibility index (Phi) is 7.99. The van der Waals surface area contributed by atoms with Crippen LogP contribution in [0.15, 0.2) is 116 Å². The van der Waals surface area contributed by atoms with Crippen molar-refractivity contribution >= 4 is 5.95 Å². The number of aromatic nitrogens is 3. The first-order valence-corrected chi connectivity index (χ1v) is 13.0. The molecule has 0 aliphatic carbocycles. The molecule has 2 heterocycles. The van der Waals surface area contributed by atoms with E-state index in [1.807, 2.05) is 6.08 Å². The van der Waals surface area contributed by atoms with E-state index in [4.69, 9.17) is 0 Å². The minimum atomic E-state index is -0.291. The summed E-state index contributed by atoms with van der Waals surface area (Å²) in [6.07, 6.45) is 7.05. The molecule has 1 aliphatic rings. The van der Waals surface area contributed by atoms with Crippen LogP contribution in [0.5, 0.6) is 0 Å². The molecule has 0 atom stereocenters. The first-order valence-electron chi connectivity index (χ1n) is 13.0. The topological polar surface area (TPSA) is 57.2 Å². The Morgan fingerprint density at radius 2 is 1.30 bits per heavy atom. The zero-order chi connectivity index (χ0) is 25.3. The van der Waals surface area contributed by atoms with E-state index in [-0.39, 0.29) is 5.41 Å². The molecule has 0 bridgehead atoms. The van der Waals surface area contributed by atoms with E-state index in [0.717, 1.165) is 32.5 Å². The first kappa shape index (κ1) is 24.8. The molecule has 1 N–H and O–H groups in total. The number of hydrazine groups is 1. The number of hydrogen-bond acceptors (Lipinski definition) is 6. The van der Waals surface area contributed by atoms with E-state index in [2.05, 4.69) is 128 Å². The van der Waals surface area contributed by atoms with Crippen molar-refractivity contribution < 1.29 is 0 Å². The lowest BCUT2D eigenvalue weighted by Crippen LogP contribution is -2.53. The van der Waals surface area contributed by atoms with Crippen molar-refractivity contribution in [3.63, 3.8) is 0 Å². The van der Waals surface area contributed by atoms with Crippen LogP contribution in [0.2, 0.25) is 0 Å². The SMILES string of the molecule is C=CCN(c1ncncn1)N1CCC(NCC(c2ccccc2)(c2ccccc2)c2ccccc2)CC1. The maximum atomic E-state index is 4.36. The number of nitrogens with zero attached hydrogens (tertiary/aromatic N) is 5.